The zero-order valence-corrected chi connectivity index (χ0v) is 33.0. The summed E-state index contributed by atoms with van der Waals surface area (Å²) in [5, 5.41) is 4.71. The molecule has 1 N–H and O–H groups in total. The van der Waals surface area contributed by atoms with Gasteiger partial charge in [-0.15, -0.1) is 11.6 Å². The molecule has 268 valence electrons. The molecule has 3 saturated carbocycles. The molecule has 0 bridgehead atoms. The van der Waals surface area contributed by atoms with Crippen LogP contribution < -0.4 is 5.32 Å². The molecule has 5 rings (SSSR count). The molecule has 2 aliphatic heterocycles. The van der Waals surface area contributed by atoms with Crippen molar-refractivity contribution in [2.45, 2.75) is 217 Å². The highest BCUT2D eigenvalue weighted by molar-refractivity contribution is 6.74. The van der Waals surface area contributed by atoms with E-state index < -0.39 is 8.32 Å². The number of ether oxygens (including phenoxy) is 2. The minimum Gasteiger partial charge on any atom is -0.414 e. The first-order chi connectivity index (χ1) is 21.8. The molecule has 0 spiro atoms. The van der Waals surface area contributed by atoms with Gasteiger partial charge in [-0.1, -0.05) is 52.9 Å². The molecule has 6 heteroatoms. The van der Waals surface area contributed by atoms with Crippen molar-refractivity contribution in [1.82, 2.24) is 5.32 Å². The first-order valence-corrected chi connectivity index (χ1v) is 23.5. The minimum atomic E-state index is -1.87. The first-order valence-electron chi connectivity index (χ1n) is 20.2. The molecule has 0 amide bonds. The predicted octanol–water partition coefficient (Wildman–Crippen LogP) is 11.4. The molecule has 0 aromatic heterocycles. The van der Waals surface area contributed by atoms with E-state index in [1.165, 1.54) is 122 Å². The maximum atomic E-state index is 7.45. The Hall–Kier alpha value is 0.347. The summed E-state index contributed by atoms with van der Waals surface area (Å²) < 4.78 is 20.3. The number of rotatable bonds is 12. The maximum Gasteiger partial charge on any atom is 0.192 e. The van der Waals surface area contributed by atoms with Crippen LogP contribution in [0.4, 0.5) is 0 Å². The van der Waals surface area contributed by atoms with Crippen molar-refractivity contribution in [1.29, 1.82) is 0 Å². The molecule has 5 fully saturated rings. The highest BCUT2D eigenvalue weighted by Crippen LogP contribution is 2.46. The molecule has 0 aromatic rings. The van der Waals surface area contributed by atoms with Gasteiger partial charge in [0, 0.05) is 30.2 Å². The van der Waals surface area contributed by atoms with Crippen LogP contribution in [0.2, 0.25) is 18.1 Å². The summed E-state index contributed by atoms with van der Waals surface area (Å²) in [5.74, 6) is 3.79. The van der Waals surface area contributed by atoms with Gasteiger partial charge in [-0.25, -0.2) is 0 Å². The highest BCUT2D eigenvalue weighted by atomic mass is 35.5. The van der Waals surface area contributed by atoms with Crippen LogP contribution in [0.25, 0.3) is 0 Å². The third-order valence-electron chi connectivity index (χ3n) is 14.0. The molecule has 2 heterocycles. The van der Waals surface area contributed by atoms with Gasteiger partial charge in [0.15, 0.2) is 14.6 Å². The number of alkyl halides is 1. The van der Waals surface area contributed by atoms with Crippen LogP contribution >= 0.6 is 11.6 Å². The van der Waals surface area contributed by atoms with Crippen molar-refractivity contribution in [3.05, 3.63) is 0 Å². The Kier molecular flexibility index (Phi) is 13.5. The number of hydrogen-bond donors (Lipinski definition) is 1. The molecule has 46 heavy (non-hydrogen) atoms. The second-order valence-electron chi connectivity index (χ2n) is 18.8. The summed E-state index contributed by atoms with van der Waals surface area (Å²) in [6, 6.07) is 1.38. The van der Waals surface area contributed by atoms with Gasteiger partial charge in [0.25, 0.3) is 0 Å². The second kappa shape index (κ2) is 16.6. The molecule has 4 nitrogen and oxygen atoms in total. The van der Waals surface area contributed by atoms with Gasteiger partial charge in [0.2, 0.25) is 0 Å². The topological polar surface area (TPSA) is 39.7 Å². The molecule has 10 unspecified atom stereocenters. The van der Waals surface area contributed by atoms with Crippen LogP contribution in [-0.2, 0) is 13.9 Å². The summed E-state index contributed by atoms with van der Waals surface area (Å²) in [7, 11) is -1.87. The fourth-order valence-electron chi connectivity index (χ4n) is 10.2. The van der Waals surface area contributed by atoms with Crippen LogP contribution in [0, 0.1) is 29.6 Å². The summed E-state index contributed by atoms with van der Waals surface area (Å²) >= 11 is 6.59. The number of nitrogens with one attached hydrogen (secondary N) is 1. The lowest BCUT2D eigenvalue weighted by Crippen LogP contribution is -2.50. The van der Waals surface area contributed by atoms with E-state index in [9.17, 15) is 0 Å². The molecule has 5 aliphatic rings. The summed E-state index contributed by atoms with van der Waals surface area (Å²) in [5.41, 5.74) is -0.131. The third kappa shape index (κ3) is 10.2. The lowest BCUT2D eigenvalue weighted by atomic mass is 9.68. The van der Waals surface area contributed by atoms with Crippen LogP contribution in [0.3, 0.4) is 0 Å². The number of fused-ring (bicyclic) bond motifs is 1. The lowest BCUT2D eigenvalue weighted by molar-refractivity contribution is -0.237. The summed E-state index contributed by atoms with van der Waals surface area (Å²) in [6.07, 6.45) is 26.6. The van der Waals surface area contributed by atoms with Crippen molar-refractivity contribution < 1.29 is 13.9 Å². The highest BCUT2D eigenvalue weighted by Gasteiger charge is 2.44. The standard InChI is InChI=1S/C40H74ClNO3Si/c1-39(2,3)46(6,7)45-37(25-21-30-14-8-9-16-35(30)40(4,5)44-38-17-10-11-26-43-38)32-15-12-13-29(27-32)18-23-34-24-20-31-19-22-33(41)28-36(31)42-34/h29-38,42H,8-28H2,1-7H3. The third-order valence-corrected chi connectivity index (χ3v) is 18.9. The average molecular weight is 681 g/mol. The minimum absolute atomic E-state index is 0.00897. The fourth-order valence-corrected chi connectivity index (χ4v) is 11.9. The fraction of sp³-hybridized carbons (Fsp3) is 1.00. The van der Waals surface area contributed by atoms with Gasteiger partial charge in [-0.3, -0.25) is 0 Å². The van der Waals surface area contributed by atoms with E-state index in [0.717, 1.165) is 30.8 Å². The van der Waals surface area contributed by atoms with Gasteiger partial charge in [0.1, 0.15) is 0 Å². The molecular weight excluding hydrogens is 606 g/mol. The van der Waals surface area contributed by atoms with E-state index in [4.69, 9.17) is 25.5 Å². The molecule has 3 aliphatic carbocycles. The van der Waals surface area contributed by atoms with Gasteiger partial charge < -0.3 is 19.2 Å². The molecule has 10 atom stereocenters. The van der Waals surface area contributed by atoms with E-state index >= 15 is 0 Å². The second-order valence-corrected chi connectivity index (χ2v) is 24.1. The Morgan fingerprint density at radius 2 is 1.57 bits per heavy atom. The van der Waals surface area contributed by atoms with E-state index in [2.05, 4.69) is 53.0 Å². The Morgan fingerprint density at radius 1 is 0.804 bits per heavy atom. The summed E-state index contributed by atoms with van der Waals surface area (Å²) in [6.45, 7) is 17.8. The van der Waals surface area contributed by atoms with Crippen molar-refractivity contribution >= 4 is 19.9 Å². The largest absolute Gasteiger partial charge is 0.414 e. The van der Waals surface area contributed by atoms with Crippen LogP contribution in [-0.4, -0.2) is 50.4 Å². The zero-order valence-electron chi connectivity index (χ0n) is 31.2. The van der Waals surface area contributed by atoms with Crippen LogP contribution in [0.5, 0.6) is 0 Å². The van der Waals surface area contributed by atoms with E-state index in [1.54, 1.807) is 0 Å². The van der Waals surface area contributed by atoms with Crippen molar-refractivity contribution in [2.75, 3.05) is 6.61 Å². The molecule has 2 saturated heterocycles. The Bertz CT molecular complexity index is 917. The quantitative estimate of drug-likeness (QED) is 0.165. The Morgan fingerprint density at radius 3 is 2.33 bits per heavy atom. The van der Waals surface area contributed by atoms with Crippen LogP contribution in [0.15, 0.2) is 0 Å². The van der Waals surface area contributed by atoms with Gasteiger partial charge in [-0.05, 0) is 158 Å². The van der Waals surface area contributed by atoms with E-state index in [1.807, 2.05) is 0 Å². The Balaban J connectivity index is 1.20. The molecule has 0 radical (unpaired) electrons. The van der Waals surface area contributed by atoms with Crippen molar-refractivity contribution in [2.24, 2.45) is 29.6 Å². The normalized spacial score (nSPS) is 37.4. The molecular formula is C40H74ClNO3Si. The smallest absolute Gasteiger partial charge is 0.192 e. The Labute approximate surface area is 291 Å². The number of hydrogen-bond acceptors (Lipinski definition) is 4. The van der Waals surface area contributed by atoms with Crippen molar-refractivity contribution in [3.63, 3.8) is 0 Å². The maximum absolute atomic E-state index is 7.45. The lowest BCUT2D eigenvalue weighted by Gasteiger charge is -2.46. The van der Waals surface area contributed by atoms with Crippen LogP contribution in [0.1, 0.15) is 163 Å². The van der Waals surface area contributed by atoms with E-state index in [0.29, 0.717) is 35.4 Å². The summed E-state index contributed by atoms with van der Waals surface area (Å²) in [4.78, 5) is 0. The first kappa shape index (κ1) is 37.6. The number of piperidine rings is 1. The number of halogens is 1. The van der Waals surface area contributed by atoms with Gasteiger partial charge in [0.05, 0.1) is 5.60 Å². The van der Waals surface area contributed by atoms with Gasteiger partial charge in [-0.2, -0.15) is 0 Å². The monoisotopic (exact) mass is 680 g/mol. The zero-order chi connectivity index (χ0) is 33.0. The van der Waals surface area contributed by atoms with E-state index in [-0.39, 0.29) is 16.9 Å². The predicted molar refractivity (Wildman–Crippen MR) is 197 cm³/mol. The molecule has 0 aromatic carbocycles. The average Bonchev–Trinajstić information content (AvgIpc) is 3.02. The van der Waals surface area contributed by atoms with Gasteiger partial charge >= 0.3 is 0 Å². The SMILES string of the molecule is CC(C)(OC1CCCCO1)C1CCCCC1CCC(O[Si](C)(C)C(C)(C)C)C1CCCC(CCC2CCC3CCC(Cl)CC3N2)C1. The van der Waals surface area contributed by atoms with Crippen molar-refractivity contribution in [3.8, 4) is 0 Å².